The van der Waals surface area contributed by atoms with Crippen LogP contribution in [0.5, 0.6) is 0 Å². The number of amides is 1. The summed E-state index contributed by atoms with van der Waals surface area (Å²) in [5.41, 5.74) is -0.431. The third-order valence-corrected chi connectivity index (χ3v) is 3.42. The summed E-state index contributed by atoms with van der Waals surface area (Å²) >= 11 is 5.69. The lowest BCUT2D eigenvalue weighted by Gasteiger charge is -2.20. The molecule has 3 heteroatoms. The van der Waals surface area contributed by atoms with Gasteiger partial charge in [-0.05, 0) is 32.1 Å². The fraction of sp³-hybridized carbons (Fsp3) is 0.900. The maximum Gasteiger partial charge on any atom is 0.226 e. The Kier molecular flexibility index (Phi) is 3.23. The highest BCUT2D eigenvalue weighted by Crippen LogP contribution is 2.36. The lowest BCUT2D eigenvalue weighted by molar-refractivity contribution is -0.128. The summed E-state index contributed by atoms with van der Waals surface area (Å²) in [4.78, 5) is 11.5. The van der Waals surface area contributed by atoms with Crippen molar-refractivity contribution in [2.24, 2.45) is 17.3 Å². The lowest BCUT2D eigenvalue weighted by atomic mass is 9.95. The van der Waals surface area contributed by atoms with Gasteiger partial charge in [0.2, 0.25) is 5.91 Å². The molecule has 2 atom stereocenters. The van der Waals surface area contributed by atoms with E-state index in [9.17, 15) is 4.79 Å². The second-order valence-electron chi connectivity index (χ2n) is 4.70. The highest BCUT2D eigenvalue weighted by atomic mass is 35.5. The summed E-state index contributed by atoms with van der Waals surface area (Å²) in [6.07, 6.45) is 1.25. The first kappa shape index (κ1) is 10.8. The zero-order valence-corrected chi connectivity index (χ0v) is 9.32. The van der Waals surface area contributed by atoms with E-state index in [0.717, 1.165) is 12.5 Å². The van der Waals surface area contributed by atoms with Gasteiger partial charge in [-0.15, -0.1) is 11.6 Å². The van der Waals surface area contributed by atoms with Crippen LogP contribution in [-0.2, 0) is 4.79 Å². The molecule has 0 spiro atoms. The second kappa shape index (κ2) is 3.87. The summed E-state index contributed by atoms with van der Waals surface area (Å²) in [6.45, 7) is 6.77. The second-order valence-corrected chi connectivity index (χ2v) is 4.97. The van der Waals surface area contributed by atoms with E-state index in [1.807, 2.05) is 13.8 Å². The number of carbonyl (C=O) groups excluding carboxylic acids is 1. The molecule has 0 bridgehead atoms. The Morgan fingerprint density at radius 2 is 2.15 bits per heavy atom. The van der Waals surface area contributed by atoms with E-state index in [-0.39, 0.29) is 5.91 Å². The average Bonchev–Trinajstić information content (AvgIpc) is 2.77. The Morgan fingerprint density at radius 1 is 1.62 bits per heavy atom. The van der Waals surface area contributed by atoms with Gasteiger partial charge in [0.15, 0.2) is 0 Å². The highest BCUT2D eigenvalue weighted by Gasteiger charge is 2.34. The van der Waals surface area contributed by atoms with Crippen LogP contribution in [0.15, 0.2) is 0 Å². The van der Waals surface area contributed by atoms with Crippen molar-refractivity contribution >= 4 is 17.5 Å². The first-order chi connectivity index (χ1) is 5.97. The van der Waals surface area contributed by atoms with E-state index in [1.165, 1.54) is 6.42 Å². The summed E-state index contributed by atoms with van der Waals surface area (Å²) in [5, 5.41) is 2.94. The molecule has 1 fully saturated rings. The van der Waals surface area contributed by atoms with Crippen LogP contribution in [0.1, 0.15) is 27.2 Å². The standard InChI is InChI=1S/C10H18ClNO/c1-7-4-8(7)5-12-9(13)10(2,3)6-11/h7-8H,4-6H2,1-3H3,(H,12,13). The predicted octanol–water partition coefficient (Wildman–Crippen LogP) is 2.02. The molecule has 0 aromatic rings. The fourth-order valence-corrected chi connectivity index (χ4v) is 1.33. The molecule has 1 amide bonds. The number of nitrogens with one attached hydrogen (secondary N) is 1. The molecule has 1 saturated carbocycles. The number of rotatable bonds is 4. The first-order valence-corrected chi connectivity index (χ1v) is 5.35. The van der Waals surface area contributed by atoms with Crippen molar-refractivity contribution in [1.82, 2.24) is 5.32 Å². The minimum Gasteiger partial charge on any atom is -0.355 e. The predicted molar refractivity (Wildman–Crippen MR) is 54.8 cm³/mol. The van der Waals surface area contributed by atoms with Crippen molar-refractivity contribution in [2.45, 2.75) is 27.2 Å². The van der Waals surface area contributed by atoms with Crippen molar-refractivity contribution in [3.63, 3.8) is 0 Å². The Morgan fingerprint density at radius 3 is 2.54 bits per heavy atom. The molecular weight excluding hydrogens is 186 g/mol. The van der Waals surface area contributed by atoms with Crippen molar-refractivity contribution in [2.75, 3.05) is 12.4 Å². The van der Waals surface area contributed by atoms with E-state index in [2.05, 4.69) is 12.2 Å². The third kappa shape index (κ3) is 2.87. The van der Waals surface area contributed by atoms with Crippen LogP contribution >= 0.6 is 11.6 Å². The van der Waals surface area contributed by atoms with E-state index in [0.29, 0.717) is 11.8 Å². The summed E-state index contributed by atoms with van der Waals surface area (Å²) in [6, 6.07) is 0. The Hall–Kier alpha value is -0.240. The maximum absolute atomic E-state index is 11.5. The quantitative estimate of drug-likeness (QED) is 0.696. The molecule has 13 heavy (non-hydrogen) atoms. The number of hydrogen-bond acceptors (Lipinski definition) is 1. The van der Waals surface area contributed by atoms with Crippen LogP contribution in [-0.4, -0.2) is 18.3 Å². The van der Waals surface area contributed by atoms with Gasteiger partial charge < -0.3 is 5.32 Å². The van der Waals surface area contributed by atoms with Gasteiger partial charge >= 0.3 is 0 Å². The highest BCUT2D eigenvalue weighted by molar-refractivity contribution is 6.19. The van der Waals surface area contributed by atoms with Crippen LogP contribution in [0.3, 0.4) is 0 Å². The molecular formula is C10H18ClNO. The third-order valence-electron chi connectivity index (χ3n) is 2.75. The number of alkyl halides is 1. The average molecular weight is 204 g/mol. The molecule has 1 N–H and O–H groups in total. The van der Waals surface area contributed by atoms with Gasteiger partial charge in [0.25, 0.3) is 0 Å². The molecule has 2 unspecified atom stereocenters. The molecule has 0 aromatic carbocycles. The Bertz CT molecular complexity index is 203. The molecule has 0 heterocycles. The van der Waals surface area contributed by atoms with Crippen LogP contribution < -0.4 is 5.32 Å². The van der Waals surface area contributed by atoms with Gasteiger partial charge in [-0.3, -0.25) is 4.79 Å². The van der Waals surface area contributed by atoms with Gasteiger partial charge in [-0.2, -0.15) is 0 Å². The minimum absolute atomic E-state index is 0.0709. The van der Waals surface area contributed by atoms with Crippen molar-refractivity contribution in [3.05, 3.63) is 0 Å². The molecule has 76 valence electrons. The van der Waals surface area contributed by atoms with Gasteiger partial charge in [-0.25, -0.2) is 0 Å². The summed E-state index contributed by atoms with van der Waals surface area (Å²) in [7, 11) is 0. The molecule has 0 radical (unpaired) electrons. The molecule has 0 saturated heterocycles. The molecule has 2 nitrogen and oxygen atoms in total. The fourth-order valence-electron chi connectivity index (χ4n) is 1.21. The van der Waals surface area contributed by atoms with Crippen LogP contribution in [0.2, 0.25) is 0 Å². The zero-order chi connectivity index (χ0) is 10.1. The smallest absolute Gasteiger partial charge is 0.226 e. The van der Waals surface area contributed by atoms with Crippen LogP contribution in [0.25, 0.3) is 0 Å². The zero-order valence-electron chi connectivity index (χ0n) is 8.56. The molecule has 0 aromatic heterocycles. The Labute approximate surface area is 85.0 Å². The van der Waals surface area contributed by atoms with E-state index >= 15 is 0 Å². The van der Waals surface area contributed by atoms with Gasteiger partial charge in [0, 0.05) is 12.4 Å². The largest absolute Gasteiger partial charge is 0.355 e. The van der Waals surface area contributed by atoms with E-state index in [1.54, 1.807) is 0 Å². The van der Waals surface area contributed by atoms with E-state index in [4.69, 9.17) is 11.6 Å². The summed E-state index contributed by atoms with van der Waals surface area (Å²) < 4.78 is 0. The number of carbonyl (C=O) groups is 1. The van der Waals surface area contributed by atoms with Crippen LogP contribution in [0.4, 0.5) is 0 Å². The SMILES string of the molecule is CC1CC1CNC(=O)C(C)(C)CCl. The monoisotopic (exact) mass is 203 g/mol. The Balaban J connectivity index is 2.24. The van der Waals surface area contributed by atoms with Gasteiger partial charge in [-0.1, -0.05) is 6.92 Å². The van der Waals surface area contributed by atoms with E-state index < -0.39 is 5.41 Å². The van der Waals surface area contributed by atoms with Gasteiger partial charge in [0.05, 0.1) is 5.41 Å². The normalized spacial score (nSPS) is 27.1. The number of hydrogen-bond donors (Lipinski definition) is 1. The lowest BCUT2D eigenvalue weighted by Crippen LogP contribution is -2.39. The van der Waals surface area contributed by atoms with Crippen LogP contribution in [0, 0.1) is 17.3 Å². The molecule has 1 aliphatic carbocycles. The minimum atomic E-state index is -0.431. The molecule has 1 rings (SSSR count). The first-order valence-electron chi connectivity index (χ1n) is 4.81. The van der Waals surface area contributed by atoms with Crippen molar-refractivity contribution < 1.29 is 4.79 Å². The topological polar surface area (TPSA) is 29.1 Å². The maximum atomic E-state index is 11.5. The van der Waals surface area contributed by atoms with Crippen molar-refractivity contribution in [3.8, 4) is 0 Å². The number of halogens is 1. The van der Waals surface area contributed by atoms with Gasteiger partial charge in [0.1, 0.15) is 0 Å². The molecule has 1 aliphatic rings. The molecule has 0 aliphatic heterocycles. The van der Waals surface area contributed by atoms with Crippen molar-refractivity contribution in [1.29, 1.82) is 0 Å². The summed E-state index contributed by atoms with van der Waals surface area (Å²) in [5.74, 6) is 1.94.